The van der Waals surface area contributed by atoms with Crippen molar-refractivity contribution in [1.82, 2.24) is 0 Å². The predicted octanol–water partition coefficient (Wildman–Crippen LogP) is 4.66. The summed E-state index contributed by atoms with van der Waals surface area (Å²) in [6.07, 6.45) is 0. The smallest absolute Gasteiger partial charge is 0.211 e. The summed E-state index contributed by atoms with van der Waals surface area (Å²) in [5, 5.41) is -0.247. The van der Waals surface area contributed by atoms with Crippen LogP contribution in [0.4, 0.5) is 0 Å². The molecule has 1 atom stereocenters. The molecule has 1 aliphatic rings. The number of benzene rings is 1. The lowest BCUT2D eigenvalue weighted by Crippen LogP contribution is -2.49. The summed E-state index contributed by atoms with van der Waals surface area (Å²) in [5.41, 5.74) is 2.34. The van der Waals surface area contributed by atoms with Gasteiger partial charge in [0.25, 0.3) is 0 Å². The first kappa shape index (κ1) is 15.8. The normalized spacial score (nSPS) is 22.8. The molecule has 1 heterocycles. The highest BCUT2D eigenvalue weighted by atomic mass is 35.5. The van der Waals surface area contributed by atoms with E-state index in [0.717, 1.165) is 5.56 Å². The Balaban J connectivity index is 2.30. The van der Waals surface area contributed by atoms with Gasteiger partial charge < -0.3 is 9.47 Å². The Bertz CT molecular complexity index is 439. The van der Waals surface area contributed by atoms with Crippen LogP contribution in [-0.2, 0) is 15.3 Å². The van der Waals surface area contributed by atoms with Crippen molar-refractivity contribution < 1.29 is 9.47 Å². The van der Waals surface area contributed by atoms with Gasteiger partial charge in [-0.15, -0.1) is 11.6 Å². The quantitative estimate of drug-likeness (QED) is 0.755. The molecule has 1 aromatic rings. The molecule has 1 unspecified atom stereocenters. The van der Waals surface area contributed by atoms with Gasteiger partial charge in [-0.1, -0.05) is 52.0 Å². The van der Waals surface area contributed by atoms with Gasteiger partial charge in [0.15, 0.2) is 0 Å². The highest BCUT2D eigenvalue weighted by molar-refractivity contribution is 6.21. The molecule has 1 fully saturated rings. The monoisotopic (exact) mass is 296 g/mol. The van der Waals surface area contributed by atoms with Gasteiger partial charge >= 0.3 is 0 Å². The van der Waals surface area contributed by atoms with E-state index in [2.05, 4.69) is 52.0 Å². The van der Waals surface area contributed by atoms with E-state index in [1.807, 2.05) is 6.92 Å². The zero-order chi connectivity index (χ0) is 15.0. The van der Waals surface area contributed by atoms with Gasteiger partial charge in [-0.05, 0) is 18.4 Å². The summed E-state index contributed by atoms with van der Waals surface area (Å²) in [5.74, 6) is -0.312. The van der Waals surface area contributed by atoms with Crippen LogP contribution in [0.3, 0.4) is 0 Å². The van der Waals surface area contributed by atoms with E-state index in [0.29, 0.717) is 19.1 Å². The van der Waals surface area contributed by atoms with E-state index in [9.17, 15) is 0 Å². The Hall–Kier alpha value is -0.570. The van der Waals surface area contributed by atoms with E-state index < -0.39 is 5.79 Å². The van der Waals surface area contributed by atoms with Crippen LogP contribution in [0.1, 0.15) is 51.7 Å². The van der Waals surface area contributed by atoms with Crippen LogP contribution < -0.4 is 0 Å². The largest absolute Gasteiger partial charge is 0.344 e. The number of halogens is 1. The highest BCUT2D eigenvalue weighted by Gasteiger charge is 2.45. The van der Waals surface area contributed by atoms with Crippen molar-refractivity contribution in [2.45, 2.75) is 51.7 Å². The maximum Gasteiger partial charge on any atom is 0.211 e. The topological polar surface area (TPSA) is 18.5 Å². The van der Waals surface area contributed by atoms with Crippen molar-refractivity contribution in [2.75, 3.05) is 13.2 Å². The summed E-state index contributed by atoms with van der Waals surface area (Å²) in [6.45, 7) is 11.9. The molecule has 0 N–H and O–H groups in total. The van der Waals surface area contributed by atoms with E-state index >= 15 is 0 Å². The maximum atomic E-state index is 6.39. The van der Waals surface area contributed by atoms with Gasteiger partial charge in [0, 0.05) is 11.0 Å². The maximum absolute atomic E-state index is 6.39. The van der Waals surface area contributed by atoms with Crippen LogP contribution in [0.2, 0.25) is 0 Å². The number of rotatable bonds is 3. The van der Waals surface area contributed by atoms with Crippen LogP contribution in [-0.4, -0.2) is 18.6 Å². The molecule has 0 aromatic heterocycles. The van der Waals surface area contributed by atoms with Gasteiger partial charge in [-0.2, -0.15) is 0 Å². The summed E-state index contributed by atoms with van der Waals surface area (Å²) < 4.78 is 12.1. The zero-order valence-corrected chi connectivity index (χ0v) is 13.8. The summed E-state index contributed by atoms with van der Waals surface area (Å²) in [4.78, 5) is 0. The van der Waals surface area contributed by atoms with Crippen molar-refractivity contribution in [3.05, 3.63) is 35.4 Å². The molecule has 2 rings (SSSR count). The molecule has 2 nitrogen and oxygen atoms in total. The Morgan fingerprint density at radius 2 is 1.50 bits per heavy atom. The third-order valence-corrected chi connectivity index (χ3v) is 4.15. The fraction of sp³-hybridized carbons (Fsp3) is 0.647. The molecule has 0 aliphatic carbocycles. The lowest BCUT2D eigenvalue weighted by molar-refractivity contribution is -0.307. The Labute approximate surface area is 127 Å². The number of hydrogen-bond acceptors (Lipinski definition) is 2. The third-order valence-electron chi connectivity index (χ3n) is 3.86. The minimum Gasteiger partial charge on any atom is -0.344 e. The lowest BCUT2D eigenvalue weighted by Gasteiger charge is -2.45. The van der Waals surface area contributed by atoms with Crippen LogP contribution in [0.15, 0.2) is 24.3 Å². The van der Waals surface area contributed by atoms with Crippen molar-refractivity contribution in [2.24, 2.45) is 5.41 Å². The van der Waals surface area contributed by atoms with Crippen molar-refractivity contribution in [3.8, 4) is 0 Å². The molecular weight excluding hydrogens is 272 g/mol. The van der Waals surface area contributed by atoms with Crippen molar-refractivity contribution >= 4 is 11.6 Å². The average molecular weight is 297 g/mol. The van der Waals surface area contributed by atoms with Crippen LogP contribution >= 0.6 is 11.6 Å². The third kappa shape index (κ3) is 3.03. The molecule has 20 heavy (non-hydrogen) atoms. The summed E-state index contributed by atoms with van der Waals surface area (Å²) in [7, 11) is 0. The second-order valence-corrected chi connectivity index (χ2v) is 7.46. The van der Waals surface area contributed by atoms with E-state index in [1.54, 1.807) is 0 Å². The van der Waals surface area contributed by atoms with E-state index in [1.165, 1.54) is 5.56 Å². The first-order chi connectivity index (χ1) is 9.27. The van der Waals surface area contributed by atoms with Crippen LogP contribution in [0, 0.1) is 5.41 Å². The average Bonchev–Trinajstić information content (AvgIpc) is 2.39. The predicted molar refractivity (Wildman–Crippen MR) is 83.2 cm³/mol. The van der Waals surface area contributed by atoms with Crippen LogP contribution in [0.25, 0.3) is 0 Å². The zero-order valence-electron chi connectivity index (χ0n) is 13.1. The van der Waals surface area contributed by atoms with E-state index in [-0.39, 0.29) is 10.8 Å². The molecule has 1 aliphatic heterocycles. The Kier molecular flexibility index (Phi) is 4.48. The van der Waals surface area contributed by atoms with Gasteiger partial charge in [-0.3, -0.25) is 0 Å². The number of hydrogen-bond donors (Lipinski definition) is 0. The minimum absolute atomic E-state index is 0.0349. The van der Waals surface area contributed by atoms with Crippen molar-refractivity contribution in [3.63, 3.8) is 0 Å². The first-order valence-electron chi connectivity index (χ1n) is 7.29. The Morgan fingerprint density at radius 3 is 1.90 bits per heavy atom. The molecule has 0 spiro atoms. The number of alkyl halides is 1. The molecule has 1 saturated heterocycles. The fourth-order valence-corrected chi connectivity index (χ4v) is 2.67. The molecule has 0 bridgehead atoms. The molecule has 112 valence electrons. The van der Waals surface area contributed by atoms with Gasteiger partial charge in [0.2, 0.25) is 5.79 Å². The Morgan fingerprint density at radius 1 is 1.00 bits per heavy atom. The van der Waals surface area contributed by atoms with Gasteiger partial charge in [0.1, 0.15) is 0 Å². The minimum atomic E-state index is -0.827. The highest BCUT2D eigenvalue weighted by Crippen LogP contribution is 2.41. The lowest BCUT2D eigenvalue weighted by atomic mass is 9.91. The molecular formula is C17H25ClO2. The second-order valence-electron chi connectivity index (χ2n) is 6.80. The summed E-state index contributed by atoms with van der Waals surface area (Å²) in [6, 6.07) is 8.42. The standard InChI is InChI=1S/C17H25ClO2/c1-12(2)14-6-8-15(9-7-14)17(13(3)18)19-10-16(4,5)11-20-17/h6-9,12-13H,10-11H2,1-5H3. The van der Waals surface area contributed by atoms with Crippen molar-refractivity contribution in [1.29, 1.82) is 0 Å². The van der Waals surface area contributed by atoms with Gasteiger partial charge in [0.05, 0.1) is 18.6 Å². The number of ether oxygens (including phenoxy) is 2. The first-order valence-corrected chi connectivity index (χ1v) is 7.73. The van der Waals surface area contributed by atoms with Gasteiger partial charge in [-0.25, -0.2) is 0 Å². The molecule has 0 amide bonds. The van der Waals surface area contributed by atoms with Crippen LogP contribution in [0.5, 0.6) is 0 Å². The molecule has 3 heteroatoms. The van der Waals surface area contributed by atoms with E-state index in [4.69, 9.17) is 21.1 Å². The molecule has 0 radical (unpaired) electrons. The SMILES string of the molecule is CC(C)c1ccc(C2(C(C)Cl)OCC(C)(C)CO2)cc1. The fourth-order valence-electron chi connectivity index (χ4n) is 2.41. The summed E-state index contributed by atoms with van der Waals surface area (Å²) >= 11 is 6.39. The molecule has 1 aromatic carbocycles. The molecule has 0 saturated carbocycles. The second kappa shape index (κ2) is 5.67.